The Bertz CT molecular complexity index is 770. The Morgan fingerprint density at radius 2 is 1.68 bits per heavy atom. The van der Waals surface area contributed by atoms with Crippen molar-refractivity contribution in [1.29, 1.82) is 0 Å². The number of rotatable bonds is 3. The number of para-hydroxylation sites is 1. The zero-order chi connectivity index (χ0) is 17.4. The Balaban J connectivity index is 1.35. The van der Waals surface area contributed by atoms with E-state index in [2.05, 4.69) is 0 Å². The minimum absolute atomic E-state index is 0.0459. The van der Waals surface area contributed by atoms with Crippen molar-refractivity contribution in [2.24, 2.45) is 5.92 Å². The van der Waals surface area contributed by atoms with E-state index in [1.54, 1.807) is 24.3 Å². The molecule has 2 unspecified atom stereocenters. The van der Waals surface area contributed by atoms with Crippen molar-refractivity contribution >= 4 is 11.6 Å². The van der Waals surface area contributed by atoms with Gasteiger partial charge in [0.2, 0.25) is 5.91 Å². The molecular formula is C20H21FN2O2. The molecule has 2 aromatic carbocycles. The summed E-state index contributed by atoms with van der Waals surface area (Å²) >= 11 is 0. The van der Waals surface area contributed by atoms with Gasteiger partial charge in [-0.1, -0.05) is 24.3 Å². The van der Waals surface area contributed by atoms with Crippen molar-refractivity contribution in [3.63, 3.8) is 0 Å². The normalized spacial score (nSPS) is 22.8. The van der Waals surface area contributed by atoms with E-state index in [0.29, 0.717) is 31.9 Å². The van der Waals surface area contributed by atoms with Crippen molar-refractivity contribution in [3.05, 3.63) is 59.9 Å². The van der Waals surface area contributed by atoms with Gasteiger partial charge in [-0.3, -0.25) is 4.79 Å². The predicted molar refractivity (Wildman–Crippen MR) is 94.1 cm³/mol. The van der Waals surface area contributed by atoms with Crippen molar-refractivity contribution in [1.82, 2.24) is 4.90 Å². The van der Waals surface area contributed by atoms with Crippen LogP contribution in [0.3, 0.4) is 0 Å². The first kappa shape index (κ1) is 15.9. The number of carbonyl (C=O) groups is 1. The van der Waals surface area contributed by atoms with Crippen molar-refractivity contribution in [2.75, 3.05) is 31.1 Å². The van der Waals surface area contributed by atoms with E-state index in [-0.39, 0.29) is 29.3 Å². The first-order valence-electron chi connectivity index (χ1n) is 8.70. The lowest BCUT2D eigenvalue weighted by atomic mass is 10.1. The van der Waals surface area contributed by atoms with Gasteiger partial charge in [0, 0.05) is 32.1 Å². The fraction of sp³-hybridized carbons (Fsp3) is 0.350. The fourth-order valence-corrected chi connectivity index (χ4v) is 3.67. The second-order valence-electron chi connectivity index (χ2n) is 6.80. The quantitative estimate of drug-likeness (QED) is 0.934. The molecule has 1 saturated heterocycles. The molecule has 130 valence electrons. The number of phenolic OH excluding ortho intramolecular Hbond substituents is 1. The summed E-state index contributed by atoms with van der Waals surface area (Å²) in [6.45, 7) is 2.57. The molecule has 0 aromatic heterocycles. The van der Waals surface area contributed by atoms with Crippen LogP contribution in [0.1, 0.15) is 17.9 Å². The molecular weight excluding hydrogens is 319 g/mol. The van der Waals surface area contributed by atoms with Gasteiger partial charge >= 0.3 is 0 Å². The van der Waals surface area contributed by atoms with Crippen LogP contribution in [-0.4, -0.2) is 42.1 Å². The largest absolute Gasteiger partial charge is 0.508 e. The van der Waals surface area contributed by atoms with Crippen molar-refractivity contribution < 1.29 is 14.3 Å². The fourth-order valence-electron chi connectivity index (χ4n) is 3.67. The number of nitrogens with zero attached hydrogens (tertiary/aromatic N) is 2. The molecule has 4 nitrogen and oxygen atoms in total. The molecule has 4 rings (SSSR count). The maximum Gasteiger partial charge on any atom is 0.226 e. The van der Waals surface area contributed by atoms with E-state index in [0.717, 1.165) is 12.0 Å². The van der Waals surface area contributed by atoms with Crippen molar-refractivity contribution in [2.45, 2.75) is 12.3 Å². The molecule has 1 saturated carbocycles. The number of piperazine rings is 1. The highest BCUT2D eigenvalue weighted by molar-refractivity contribution is 5.83. The molecule has 1 heterocycles. The zero-order valence-corrected chi connectivity index (χ0v) is 13.9. The molecule has 2 aromatic rings. The number of benzene rings is 2. The van der Waals surface area contributed by atoms with Gasteiger partial charge in [0.05, 0.1) is 5.69 Å². The molecule has 2 aliphatic rings. The topological polar surface area (TPSA) is 43.8 Å². The Morgan fingerprint density at radius 3 is 2.36 bits per heavy atom. The van der Waals surface area contributed by atoms with Gasteiger partial charge in [-0.15, -0.1) is 0 Å². The van der Waals surface area contributed by atoms with E-state index in [1.165, 1.54) is 6.07 Å². The third-order valence-electron chi connectivity index (χ3n) is 5.21. The van der Waals surface area contributed by atoms with Crippen LogP contribution in [0.15, 0.2) is 48.5 Å². The van der Waals surface area contributed by atoms with Gasteiger partial charge < -0.3 is 14.9 Å². The number of amides is 1. The minimum atomic E-state index is -0.211. The number of carbonyl (C=O) groups excluding carboxylic acids is 1. The Hall–Kier alpha value is -2.56. The Kier molecular flexibility index (Phi) is 4.07. The Labute approximate surface area is 146 Å². The second-order valence-corrected chi connectivity index (χ2v) is 6.80. The zero-order valence-electron chi connectivity index (χ0n) is 13.9. The molecule has 1 aliphatic carbocycles. The Morgan fingerprint density at radius 1 is 1.00 bits per heavy atom. The predicted octanol–water partition coefficient (Wildman–Crippen LogP) is 2.98. The van der Waals surface area contributed by atoms with Crippen LogP contribution in [0.2, 0.25) is 0 Å². The number of aromatic hydroxyl groups is 1. The van der Waals surface area contributed by atoms with Gasteiger partial charge in [-0.25, -0.2) is 4.39 Å². The minimum Gasteiger partial charge on any atom is -0.508 e. The molecule has 25 heavy (non-hydrogen) atoms. The summed E-state index contributed by atoms with van der Waals surface area (Å²) in [7, 11) is 0. The number of hydrogen-bond donors (Lipinski definition) is 1. The van der Waals surface area contributed by atoms with Gasteiger partial charge in [0.25, 0.3) is 0 Å². The van der Waals surface area contributed by atoms with E-state index >= 15 is 0 Å². The third kappa shape index (κ3) is 3.18. The molecule has 1 amide bonds. The van der Waals surface area contributed by atoms with Crippen molar-refractivity contribution in [3.8, 4) is 5.75 Å². The van der Waals surface area contributed by atoms with E-state index < -0.39 is 0 Å². The SMILES string of the molecule is O=C(C1CC1c1ccc(O)cc1)N1CCN(c2ccccc2F)CC1. The highest BCUT2D eigenvalue weighted by Gasteiger charge is 2.46. The van der Waals surface area contributed by atoms with Gasteiger partial charge in [-0.05, 0) is 42.2 Å². The summed E-state index contributed by atoms with van der Waals surface area (Å²) in [6.07, 6.45) is 0.872. The van der Waals surface area contributed by atoms with Crippen LogP contribution in [0.25, 0.3) is 0 Å². The second kappa shape index (κ2) is 6.39. The van der Waals surface area contributed by atoms with Crippen LogP contribution in [-0.2, 0) is 4.79 Å². The molecule has 2 fully saturated rings. The van der Waals surface area contributed by atoms with Gasteiger partial charge in [-0.2, -0.15) is 0 Å². The first-order valence-corrected chi connectivity index (χ1v) is 8.70. The summed E-state index contributed by atoms with van der Waals surface area (Å²) in [5.74, 6) is 0.543. The molecule has 0 bridgehead atoms. The summed E-state index contributed by atoms with van der Waals surface area (Å²) in [5, 5.41) is 9.37. The molecule has 0 spiro atoms. The average Bonchev–Trinajstić information content (AvgIpc) is 3.43. The standard InChI is InChI=1S/C20H21FN2O2/c21-18-3-1-2-4-19(18)22-9-11-23(12-10-22)20(25)17-13-16(17)14-5-7-15(24)8-6-14/h1-8,16-17,24H,9-13H2. The summed E-state index contributed by atoms with van der Waals surface area (Å²) in [4.78, 5) is 16.6. The number of anilines is 1. The molecule has 5 heteroatoms. The monoisotopic (exact) mass is 340 g/mol. The summed E-state index contributed by atoms with van der Waals surface area (Å²) in [5.41, 5.74) is 1.73. The lowest BCUT2D eigenvalue weighted by Crippen LogP contribution is -2.49. The van der Waals surface area contributed by atoms with Gasteiger partial charge in [0.1, 0.15) is 11.6 Å². The maximum absolute atomic E-state index is 13.9. The number of hydrogen-bond acceptors (Lipinski definition) is 3. The van der Waals surface area contributed by atoms with Crippen LogP contribution in [0.5, 0.6) is 5.75 Å². The first-order chi connectivity index (χ1) is 12.1. The smallest absolute Gasteiger partial charge is 0.226 e. The lowest BCUT2D eigenvalue weighted by molar-refractivity contribution is -0.132. The highest BCUT2D eigenvalue weighted by Crippen LogP contribution is 2.48. The number of phenols is 1. The van der Waals surface area contributed by atoms with E-state index in [4.69, 9.17) is 0 Å². The number of halogens is 1. The van der Waals surface area contributed by atoms with Crippen LogP contribution in [0, 0.1) is 11.7 Å². The third-order valence-corrected chi connectivity index (χ3v) is 5.21. The maximum atomic E-state index is 13.9. The summed E-state index contributed by atoms with van der Waals surface area (Å²) < 4.78 is 13.9. The molecule has 2 atom stereocenters. The molecule has 0 radical (unpaired) electrons. The lowest BCUT2D eigenvalue weighted by Gasteiger charge is -2.36. The molecule has 1 aliphatic heterocycles. The van der Waals surface area contributed by atoms with E-state index in [9.17, 15) is 14.3 Å². The average molecular weight is 340 g/mol. The van der Waals surface area contributed by atoms with Gasteiger partial charge in [0.15, 0.2) is 0 Å². The highest BCUT2D eigenvalue weighted by atomic mass is 19.1. The summed E-state index contributed by atoms with van der Waals surface area (Å²) in [6, 6.07) is 13.9. The molecule has 1 N–H and O–H groups in total. The van der Waals surface area contributed by atoms with Crippen LogP contribution >= 0.6 is 0 Å². The van der Waals surface area contributed by atoms with E-state index in [1.807, 2.05) is 28.0 Å². The van der Waals surface area contributed by atoms with Crippen LogP contribution in [0.4, 0.5) is 10.1 Å². The van der Waals surface area contributed by atoms with Crippen LogP contribution < -0.4 is 4.90 Å².